The Hall–Kier alpha value is -2.70. The standard InChI is InChI=1S/C26H31Cl2F3N4O5/c1-24(2,3)40-10-9-34(14-19(36)20-17(27)12-32-13-18(20)28)22(37)16-11-33-35(21(16)26(29,30)31)15-5-7-25(4,8-6-15)23(38)39/h11-13,15H,5-10,14H2,1-4H3,(H,38,39). The van der Waals surface area contributed by atoms with E-state index < -0.39 is 58.7 Å². The van der Waals surface area contributed by atoms with Gasteiger partial charge in [0.25, 0.3) is 5.91 Å². The van der Waals surface area contributed by atoms with Crippen LogP contribution in [0.5, 0.6) is 0 Å². The third kappa shape index (κ3) is 7.32. The van der Waals surface area contributed by atoms with Crippen molar-refractivity contribution in [1.82, 2.24) is 19.7 Å². The summed E-state index contributed by atoms with van der Waals surface area (Å²) in [6.45, 7) is 5.98. The van der Waals surface area contributed by atoms with Crippen molar-refractivity contribution in [2.45, 2.75) is 71.2 Å². The van der Waals surface area contributed by atoms with Gasteiger partial charge in [0.15, 0.2) is 11.5 Å². The number of carboxylic acid groups (broad SMARTS) is 1. The number of aromatic nitrogens is 3. The second-order valence-electron chi connectivity index (χ2n) is 11.0. The molecule has 0 atom stereocenters. The zero-order valence-electron chi connectivity index (χ0n) is 22.5. The first-order chi connectivity index (χ1) is 18.4. The molecule has 2 heterocycles. The number of carbonyl (C=O) groups excluding carboxylic acids is 2. The van der Waals surface area contributed by atoms with Crippen molar-refractivity contribution in [3.05, 3.63) is 45.5 Å². The molecule has 220 valence electrons. The second kappa shape index (κ2) is 12.0. The number of hydrogen-bond donors (Lipinski definition) is 1. The van der Waals surface area contributed by atoms with Gasteiger partial charge in [-0.05, 0) is 53.4 Å². The van der Waals surface area contributed by atoms with Gasteiger partial charge in [0.1, 0.15) is 0 Å². The Morgan fingerprint density at radius 2 is 1.70 bits per heavy atom. The van der Waals surface area contributed by atoms with E-state index in [1.54, 1.807) is 27.7 Å². The van der Waals surface area contributed by atoms with Gasteiger partial charge in [0.2, 0.25) is 0 Å². The van der Waals surface area contributed by atoms with E-state index in [1.807, 2.05) is 0 Å². The summed E-state index contributed by atoms with van der Waals surface area (Å²) in [5.41, 5.74) is -3.74. The van der Waals surface area contributed by atoms with Gasteiger partial charge in [-0.2, -0.15) is 18.3 Å². The molecule has 1 aliphatic carbocycles. The van der Waals surface area contributed by atoms with Crippen LogP contribution in [-0.4, -0.2) is 67.7 Å². The molecule has 0 bridgehead atoms. The summed E-state index contributed by atoms with van der Waals surface area (Å²) in [6, 6.07) is -0.751. The molecule has 0 radical (unpaired) electrons. The number of alkyl halides is 3. The fraction of sp³-hybridized carbons (Fsp3) is 0.577. The highest BCUT2D eigenvalue weighted by Crippen LogP contribution is 2.43. The summed E-state index contributed by atoms with van der Waals surface area (Å²) in [5.74, 6) is -2.77. The monoisotopic (exact) mass is 606 g/mol. The first kappa shape index (κ1) is 31.8. The van der Waals surface area contributed by atoms with Crippen LogP contribution in [0.4, 0.5) is 13.2 Å². The Balaban J connectivity index is 1.95. The molecule has 1 aliphatic rings. The molecule has 1 N–H and O–H groups in total. The molecule has 0 aromatic carbocycles. The van der Waals surface area contributed by atoms with Crippen LogP contribution >= 0.6 is 23.2 Å². The summed E-state index contributed by atoms with van der Waals surface area (Å²) in [4.78, 5) is 43.0. The Labute approximate surface area is 239 Å². The lowest BCUT2D eigenvalue weighted by atomic mass is 9.74. The van der Waals surface area contributed by atoms with Gasteiger partial charge in [-0.3, -0.25) is 24.0 Å². The number of hydrogen-bond acceptors (Lipinski definition) is 6. The van der Waals surface area contributed by atoms with E-state index in [0.29, 0.717) is 0 Å². The molecule has 0 aliphatic heterocycles. The molecule has 2 aromatic rings. The van der Waals surface area contributed by atoms with Crippen LogP contribution in [0.1, 0.15) is 85.8 Å². The van der Waals surface area contributed by atoms with Gasteiger partial charge in [0, 0.05) is 18.9 Å². The number of ketones is 1. The normalized spacial score (nSPS) is 19.9. The Morgan fingerprint density at radius 1 is 1.12 bits per heavy atom. The molecule has 0 unspecified atom stereocenters. The second-order valence-corrected chi connectivity index (χ2v) is 11.8. The van der Waals surface area contributed by atoms with E-state index >= 15 is 0 Å². The Kier molecular flexibility index (Phi) is 9.58. The van der Waals surface area contributed by atoms with Crippen LogP contribution in [0.3, 0.4) is 0 Å². The summed E-state index contributed by atoms with van der Waals surface area (Å²) in [5, 5.41) is 13.3. The van der Waals surface area contributed by atoms with Crippen molar-refractivity contribution in [3.8, 4) is 0 Å². The van der Waals surface area contributed by atoms with E-state index in [1.165, 1.54) is 12.4 Å². The summed E-state index contributed by atoms with van der Waals surface area (Å²) in [7, 11) is 0. The highest BCUT2D eigenvalue weighted by molar-refractivity contribution is 6.39. The van der Waals surface area contributed by atoms with Gasteiger partial charge in [-0.1, -0.05) is 23.2 Å². The zero-order valence-corrected chi connectivity index (χ0v) is 24.0. The van der Waals surface area contributed by atoms with Gasteiger partial charge in [-0.25, -0.2) is 0 Å². The van der Waals surface area contributed by atoms with E-state index in [4.69, 9.17) is 27.9 Å². The molecule has 1 fully saturated rings. The van der Waals surface area contributed by atoms with E-state index in [-0.39, 0.29) is 54.4 Å². The zero-order chi connectivity index (χ0) is 30.0. The average Bonchev–Trinajstić information content (AvgIpc) is 3.28. The molecule has 14 heteroatoms. The van der Waals surface area contributed by atoms with Crippen LogP contribution in [0.15, 0.2) is 18.6 Å². The highest BCUT2D eigenvalue weighted by Gasteiger charge is 2.45. The topological polar surface area (TPSA) is 115 Å². The molecular weight excluding hydrogens is 576 g/mol. The average molecular weight is 607 g/mol. The molecule has 3 rings (SSSR count). The van der Waals surface area contributed by atoms with E-state index in [2.05, 4.69) is 10.1 Å². The van der Waals surface area contributed by atoms with Gasteiger partial charge in [-0.15, -0.1) is 0 Å². The van der Waals surface area contributed by atoms with E-state index in [0.717, 1.165) is 15.8 Å². The maximum Gasteiger partial charge on any atom is 0.433 e. The molecule has 1 saturated carbocycles. The summed E-state index contributed by atoms with van der Waals surface area (Å²) >= 11 is 12.2. The maximum absolute atomic E-state index is 14.4. The quantitative estimate of drug-likeness (QED) is 0.351. The lowest BCUT2D eigenvalue weighted by Gasteiger charge is -2.34. The predicted octanol–water partition coefficient (Wildman–Crippen LogP) is 5.95. The van der Waals surface area contributed by atoms with Crippen molar-refractivity contribution in [1.29, 1.82) is 0 Å². The lowest BCUT2D eigenvalue weighted by Crippen LogP contribution is -2.40. The van der Waals surface area contributed by atoms with Crippen LogP contribution in [0.2, 0.25) is 10.0 Å². The molecule has 0 spiro atoms. The summed E-state index contributed by atoms with van der Waals surface area (Å²) < 4.78 is 49.6. The number of carbonyl (C=O) groups is 3. The smallest absolute Gasteiger partial charge is 0.433 e. The first-order valence-corrected chi connectivity index (χ1v) is 13.3. The summed E-state index contributed by atoms with van der Waals surface area (Å²) in [6.07, 6.45) is -1.13. The number of ether oxygens (including phenoxy) is 1. The number of nitrogens with zero attached hydrogens (tertiary/aromatic N) is 4. The molecule has 40 heavy (non-hydrogen) atoms. The van der Waals surface area contributed by atoms with Crippen molar-refractivity contribution in [3.63, 3.8) is 0 Å². The lowest BCUT2D eigenvalue weighted by molar-refractivity contribution is -0.152. The first-order valence-electron chi connectivity index (χ1n) is 12.6. The number of halogens is 5. The molecule has 2 aromatic heterocycles. The fourth-order valence-corrected chi connectivity index (χ4v) is 5.17. The van der Waals surface area contributed by atoms with Gasteiger partial charge in [0.05, 0.1) is 57.6 Å². The SMILES string of the molecule is CC(C)(C)OCCN(CC(=O)c1c(Cl)cncc1Cl)C(=O)c1cnn(C2CCC(C)(C(=O)O)CC2)c1C(F)(F)F. The van der Waals surface area contributed by atoms with Crippen LogP contribution in [-0.2, 0) is 15.7 Å². The van der Waals surface area contributed by atoms with Crippen molar-refractivity contribution >= 4 is 40.9 Å². The minimum atomic E-state index is -4.95. The highest BCUT2D eigenvalue weighted by atomic mass is 35.5. The van der Waals surface area contributed by atoms with E-state index in [9.17, 15) is 32.7 Å². The largest absolute Gasteiger partial charge is 0.481 e. The number of carboxylic acids is 1. The number of rotatable bonds is 9. The molecule has 9 nitrogen and oxygen atoms in total. The third-order valence-corrected chi connectivity index (χ3v) is 7.44. The van der Waals surface area contributed by atoms with Crippen molar-refractivity contribution in [2.24, 2.45) is 5.41 Å². The number of amides is 1. The van der Waals surface area contributed by atoms with Crippen molar-refractivity contribution in [2.75, 3.05) is 19.7 Å². The predicted molar refractivity (Wildman–Crippen MR) is 141 cm³/mol. The third-order valence-electron chi connectivity index (χ3n) is 6.87. The minimum absolute atomic E-state index is 0.0633. The molecule has 1 amide bonds. The molecule has 0 saturated heterocycles. The van der Waals surface area contributed by atoms with Crippen LogP contribution in [0.25, 0.3) is 0 Å². The Morgan fingerprint density at radius 3 is 2.20 bits per heavy atom. The van der Waals surface area contributed by atoms with Gasteiger partial charge < -0.3 is 14.7 Å². The minimum Gasteiger partial charge on any atom is -0.481 e. The number of aliphatic carboxylic acids is 1. The number of Topliss-reactive ketones (excluding diaryl/α,β-unsaturated/α-hetero) is 1. The van der Waals surface area contributed by atoms with Crippen molar-refractivity contribution < 1.29 is 37.4 Å². The molecular formula is C26H31Cl2F3N4O5. The van der Waals surface area contributed by atoms with Gasteiger partial charge >= 0.3 is 12.1 Å². The Bertz CT molecular complexity index is 1250. The maximum atomic E-state index is 14.4. The van der Waals surface area contributed by atoms with Crippen LogP contribution < -0.4 is 0 Å². The fourth-order valence-electron chi connectivity index (χ4n) is 4.59. The van der Waals surface area contributed by atoms with Crippen LogP contribution in [0, 0.1) is 5.41 Å². The number of pyridine rings is 1.